The molecule has 8 heteroatoms. The van der Waals surface area contributed by atoms with Gasteiger partial charge in [-0.2, -0.15) is 0 Å². The molecule has 0 radical (unpaired) electrons. The number of benzene rings is 1. The quantitative estimate of drug-likeness (QED) is 0.639. The van der Waals surface area contributed by atoms with Crippen LogP contribution >= 0.6 is 0 Å². The minimum absolute atomic E-state index is 0.0714. The molecule has 2 aliphatic rings. The van der Waals surface area contributed by atoms with Crippen molar-refractivity contribution in [3.8, 4) is 0 Å². The van der Waals surface area contributed by atoms with Gasteiger partial charge in [0.1, 0.15) is 0 Å². The molecule has 0 aromatic heterocycles. The number of hydrogen-bond donors (Lipinski definition) is 1. The third-order valence-electron chi connectivity index (χ3n) is 3.26. The summed E-state index contributed by atoms with van der Waals surface area (Å²) in [7, 11) is -6.00. The summed E-state index contributed by atoms with van der Waals surface area (Å²) >= 11 is 0. The highest BCUT2D eigenvalue weighted by Gasteiger charge is 2.38. The predicted molar refractivity (Wildman–Crippen MR) is 77.0 cm³/mol. The largest absolute Gasteiger partial charge is 0.673 e. The van der Waals surface area contributed by atoms with Crippen LogP contribution in [0.5, 0.6) is 0 Å². The fourth-order valence-corrected chi connectivity index (χ4v) is 2.45. The lowest BCUT2D eigenvalue weighted by Gasteiger charge is -2.28. The maximum absolute atomic E-state index is 9.75. The number of rotatable bonds is 1. The monoisotopic (exact) mass is 316 g/mol. The van der Waals surface area contributed by atoms with E-state index >= 15 is 0 Å². The van der Waals surface area contributed by atoms with E-state index in [0.29, 0.717) is 5.92 Å². The molecule has 2 heterocycles. The van der Waals surface area contributed by atoms with Crippen LogP contribution < -0.4 is 5.73 Å². The molecule has 0 spiro atoms. The average Bonchev–Trinajstić information content (AvgIpc) is 2.75. The molecule has 0 saturated carbocycles. The maximum atomic E-state index is 9.75. The van der Waals surface area contributed by atoms with Crippen molar-refractivity contribution >= 4 is 19.0 Å². The van der Waals surface area contributed by atoms with Crippen LogP contribution in [0.2, 0.25) is 0 Å². The van der Waals surface area contributed by atoms with Crippen LogP contribution in [-0.4, -0.2) is 18.4 Å². The number of nitrogens with zero attached hydrogens (tertiary/aromatic N) is 1. The lowest BCUT2D eigenvalue weighted by molar-refractivity contribution is -0.359. The molecule has 1 unspecified atom stereocenters. The summed E-state index contributed by atoms with van der Waals surface area (Å²) in [4.78, 5) is 2.19. The summed E-state index contributed by atoms with van der Waals surface area (Å²) in [5.41, 5.74) is 7.59. The first kappa shape index (κ1) is 16.4. The Morgan fingerprint density at radius 2 is 1.77 bits per heavy atom. The van der Waals surface area contributed by atoms with Crippen molar-refractivity contribution in [1.29, 1.82) is 0 Å². The van der Waals surface area contributed by atoms with Crippen molar-refractivity contribution in [2.24, 2.45) is 5.92 Å². The van der Waals surface area contributed by atoms with E-state index in [0.717, 1.165) is 11.6 Å². The topological polar surface area (TPSA) is 40.1 Å². The van der Waals surface area contributed by atoms with Gasteiger partial charge in [0.15, 0.2) is 11.9 Å². The molecule has 120 valence electrons. The van der Waals surface area contributed by atoms with Crippen LogP contribution in [0.1, 0.15) is 25.0 Å². The zero-order chi connectivity index (χ0) is 16.5. The van der Waals surface area contributed by atoms with Crippen LogP contribution in [0.3, 0.4) is 0 Å². The van der Waals surface area contributed by atoms with Gasteiger partial charge in [0.25, 0.3) is 0 Å². The maximum Gasteiger partial charge on any atom is 0.673 e. The van der Waals surface area contributed by atoms with Gasteiger partial charge in [0, 0.05) is 17.7 Å². The van der Waals surface area contributed by atoms with Crippen molar-refractivity contribution in [3.05, 3.63) is 47.5 Å². The fraction of sp³-hybridized carbons (Fsp3) is 0.286. The molecular weight excluding hydrogens is 299 g/mol. The lowest BCUT2D eigenvalue weighted by Crippen LogP contribution is -2.48. The molecule has 0 aliphatic carbocycles. The summed E-state index contributed by atoms with van der Waals surface area (Å²) in [6.07, 6.45) is 4.30. The smallest absolute Gasteiger partial charge is 0.426 e. The molecule has 1 aromatic rings. The average molecular weight is 316 g/mol. The third-order valence-corrected chi connectivity index (χ3v) is 3.26. The van der Waals surface area contributed by atoms with Crippen molar-refractivity contribution < 1.29 is 27.7 Å². The molecule has 3 nitrogen and oxygen atoms in total. The molecule has 0 fully saturated rings. The number of fused-ring (bicyclic) bond motifs is 3. The minimum Gasteiger partial charge on any atom is -0.426 e. The van der Waals surface area contributed by atoms with Crippen LogP contribution in [0, 0.1) is 5.92 Å². The molecule has 0 bridgehead atoms. The summed E-state index contributed by atoms with van der Waals surface area (Å²) in [5.74, 6) is 1.21. The van der Waals surface area contributed by atoms with Crippen molar-refractivity contribution in [2.45, 2.75) is 20.1 Å². The third kappa shape index (κ3) is 3.62. The highest BCUT2D eigenvalue weighted by molar-refractivity contribution is 6.50. The molecule has 2 aliphatic heterocycles. The van der Waals surface area contributed by atoms with Gasteiger partial charge in [-0.1, -0.05) is 38.1 Å². The number of halogens is 4. The second-order valence-corrected chi connectivity index (χ2v) is 5.33. The van der Waals surface area contributed by atoms with E-state index in [1.807, 2.05) is 0 Å². The van der Waals surface area contributed by atoms with Gasteiger partial charge >= 0.3 is 13.1 Å². The number of ether oxygens (including phenoxy) is 1. The first-order chi connectivity index (χ1) is 10.2. The Bertz CT molecular complexity index is 607. The van der Waals surface area contributed by atoms with E-state index < -0.39 is 7.25 Å². The van der Waals surface area contributed by atoms with Crippen LogP contribution in [-0.2, 0) is 4.74 Å². The van der Waals surface area contributed by atoms with Gasteiger partial charge in [0.2, 0.25) is 0 Å². The van der Waals surface area contributed by atoms with Crippen LogP contribution in [0.4, 0.5) is 17.3 Å². The Kier molecular flexibility index (Phi) is 4.51. The van der Waals surface area contributed by atoms with Gasteiger partial charge < -0.3 is 26.9 Å². The van der Waals surface area contributed by atoms with E-state index in [1.54, 1.807) is 0 Å². The Hall–Kier alpha value is -1.96. The Labute approximate surface area is 126 Å². The van der Waals surface area contributed by atoms with E-state index in [9.17, 15) is 17.3 Å². The van der Waals surface area contributed by atoms with Gasteiger partial charge in [-0.05, 0) is 11.6 Å². The second kappa shape index (κ2) is 6.04. The molecule has 3 N–H and O–H groups in total. The predicted octanol–water partition coefficient (Wildman–Crippen LogP) is 3.15. The molecular formula is C14H17BF4N2O. The highest BCUT2D eigenvalue weighted by atomic mass is 19.5. The van der Waals surface area contributed by atoms with E-state index in [1.165, 1.54) is 11.1 Å². The lowest BCUT2D eigenvalue weighted by atomic mass is 10.0. The van der Waals surface area contributed by atoms with E-state index in [-0.39, 0.29) is 6.23 Å². The van der Waals surface area contributed by atoms with Gasteiger partial charge in [-0.3, -0.25) is 5.73 Å². The number of quaternary nitrogens is 1. The first-order valence-corrected chi connectivity index (χ1v) is 6.84. The Balaban J connectivity index is 0.000000309. The zero-order valence-electron chi connectivity index (χ0n) is 12.3. The van der Waals surface area contributed by atoms with Crippen LogP contribution in [0.25, 0.3) is 11.8 Å². The summed E-state index contributed by atoms with van der Waals surface area (Å²) in [6, 6.07) is 8.35. The molecule has 1 aromatic carbocycles. The SMILES string of the molecule is CC(C)C1OC([NH3+])=C2c3ccccc3C=CN21.F[B-](F)(F)F. The summed E-state index contributed by atoms with van der Waals surface area (Å²) in [5, 5.41) is 0. The molecule has 22 heavy (non-hydrogen) atoms. The normalized spacial score (nSPS) is 19.5. The van der Waals surface area contributed by atoms with Crippen molar-refractivity contribution in [1.82, 2.24) is 4.90 Å². The molecule has 1 atom stereocenters. The molecule has 0 saturated heterocycles. The fourth-order valence-electron chi connectivity index (χ4n) is 2.45. The van der Waals surface area contributed by atoms with Gasteiger partial charge in [-0.15, -0.1) is 0 Å². The second-order valence-electron chi connectivity index (χ2n) is 5.33. The van der Waals surface area contributed by atoms with E-state index in [2.05, 4.69) is 61.0 Å². The molecule has 3 rings (SSSR count). The summed E-state index contributed by atoms with van der Waals surface area (Å²) in [6.45, 7) is 4.32. The minimum atomic E-state index is -6.00. The van der Waals surface area contributed by atoms with Gasteiger partial charge in [-0.25, -0.2) is 0 Å². The summed E-state index contributed by atoms with van der Waals surface area (Å²) < 4.78 is 44.9. The zero-order valence-corrected chi connectivity index (χ0v) is 12.3. The Morgan fingerprint density at radius 1 is 1.18 bits per heavy atom. The van der Waals surface area contributed by atoms with Crippen molar-refractivity contribution in [2.75, 3.05) is 0 Å². The number of hydrogen-bond acceptors (Lipinski definition) is 2. The van der Waals surface area contributed by atoms with Crippen LogP contribution in [0.15, 0.2) is 36.3 Å². The van der Waals surface area contributed by atoms with E-state index in [4.69, 9.17) is 4.74 Å². The van der Waals surface area contributed by atoms with Crippen molar-refractivity contribution in [3.63, 3.8) is 0 Å². The van der Waals surface area contributed by atoms with Gasteiger partial charge in [0.05, 0.1) is 0 Å². The standard InChI is InChI=1S/C14H16N2O.BF4/c1-9(2)14-16-8-7-10-5-3-4-6-11(10)12(16)13(15)17-14;2-1(3,4)5/h3-9,14H,15H2,1-2H3;/q;-1/p+1. The Morgan fingerprint density at radius 3 is 2.36 bits per heavy atom. The highest BCUT2D eigenvalue weighted by Crippen LogP contribution is 2.38. The molecule has 0 amide bonds. The first-order valence-electron chi connectivity index (χ1n) is 6.84.